The van der Waals surface area contributed by atoms with Crippen LogP contribution in [0.5, 0.6) is 0 Å². The predicted octanol–water partition coefficient (Wildman–Crippen LogP) is 2.27. The summed E-state index contributed by atoms with van der Waals surface area (Å²) in [5.74, 6) is 0.148. The lowest BCUT2D eigenvalue weighted by molar-refractivity contribution is -0.123. The van der Waals surface area contributed by atoms with E-state index in [9.17, 15) is 9.18 Å². The van der Waals surface area contributed by atoms with Crippen LogP contribution in [0.4, 0.5) is 4.39 Å². The van der Waals surface area contributed by atoms with Crippen molar-refractivity contribution in [2.24, 2.45) is 0 Å². The molecule has 0 bridgehead atoms. The SMILES string of the molecule is CC1=C(C(=O)NCC2(c3cccc(F)c3)CCOCC2)OCCO1. The molecule has 0 spiro atoms. The fraction of sp³-hybridized carbons (Fsp3) is 0.500. The Labute approximate surface area is 140 Å². The van der Waals surface area contributed by atoms with Crippen molar-refractivity contribution in [2.45, 2.75) is 25.2 Å². The molecule has 1 fully saturated rings. The molecule has 5 nitrogen and oxygen atoms in total. The Morgan fingerprint density at radius 2 is 1.96 bits per heavy atom. The second kappa shape index (κ2) is 7.21. The molecule has 24 heavy (non-hydrogen) atoms. The maximum Gasteiger partial charge on any atom is 0.289 e. The average molecular weight is 335 g/mol. The summed E-state index contributed by atoms with van der Waals surface area (Å²) in [6, 6.07) is 6.58. The highest BCUT2D eigenvalue weighted by molar-refractivity contribution is 5.92. The molecule has 3 rings (SSSR count). The van der Waals surface area contributed by atoms with E-state index in [4.69, 9.17) is 14.2 Å². The third kappa shape index (κ3) is 3.53. The summed E-state index contributed by atoms with van der Waals surface area (Å²) >= 11 is 0. The van der Waals surface area contributed by atoms with Gasteiger partial charge in [0, 0.05) is 25.2 Å². The van der Waals surface area contributed by atoms with Crippen LogP contribution in [0.1, 0.15) is 25.3 Å². The van der Waals surface area contributed by atoms with Gasteiger partial charge in [-0.3, -0.25) is 4.79 Å². The summed E-state index contributed by atoms with van der Waals surface area (Å²) in [6.07, 6.45) is 1.46. The fourth-order valence-electron chi connectivity index (χ4n) is 3.21. The molecule has 2 heterocycles. The first kappa shape index (κ1) is 16.8. The molecular weight excluding hydrogens is 313 g/mol. The van der Waals surface area contributed by atoms with Gasteiger partial charge >= 0.3 is 0 Å². The standard InChI is InChI=1S/C18H22FNO4/c1-13-16(24-10-9-23-13)17(21)20-12-18(5-7-22-8-6-18)14-3-2-4-15(19)11-14/h2-4,11H,5-10,12H2,1H3,(H,20,21). The Morgan fingerprint density at radius 3 is 2.67 bits per heavy atom. The third-order valence-electron chi connectivity index (χ3n) is 4.65. The van der Waals surface area contributed by atoms with Crippen molar-refractivity contribution in [3.63, 3.8) is 0 Å². The normalized spacial score (nSPS) is 20.1. The van der Waals surface area contributed by atoms with Gasteiger partial charge in [-0.05, 0) is 37.5 Å². The first-order valence-corrected chi connectivity index (χ1v) is 8.19. The molecule has 0 radical (unpaired) electrons. The van der Waals surface area contributed by atoms with Gasteiger partial charge in [-0.1, -0.05) is 12.1 Å². The number of benzene rings is 1. The van der Waals surface area contributed by atoms with E-state index >= 15 is 0 Å². The Kier molecular flexibility index (Phi) is 5.04. The number of carbonyl (C=O) groups is 1. The van der Waals surface area contributed by atoms with Gasteiger partial charge in [-0.2, -0.15) is 0 Å². The smallest absolute Gasteiger partial charge is 0.289 e. The van der Waals surface area contributed by atoms with Crippen LogP contribution in [0, 0.1) is 5.82 Å². The zero-order chi connectivity index (χ0) is 17.0. The van der Waals surface area contributed by atoms with E-state index in [1.807, 2.05) is 6.07 Å². The number of allylic oxidation sites excluding steroid dienone is 1. The number of nitrogens with one attached hydrogen (secondary N) is 1. The average Bonchev–Trinajstić information content (AvgIpc) is 2.61. The molecule has 130 valence electrons. The lowest BCUT2D eigenvalue weighted by atomic mass is 9.74. The molecule has 1 amide bonds. The van der Waals surface area contributed by atoms with E-state index in [0.717, 1.165) is 18.4 Å². The molecule has 0 aliphatic carbocycles. The van der Waals surface area contributed by atoms with Gasteiger partial charge in [-0.25, -0.2) is 4.39 Å². The second-order valence-electron chi connectivity index (χ2n) is 6.17. The first-order valence-electron chi connectivity index (χ1n) is 8.19. The summed E-state index contributed by atoms with van der Waals surface area (Å²) in [5.41, 5.74) is 0.553. The molecule has 1 aromatic rings. The van der Waals surface area contributed by atoms with E-state index in [2.05, 4.69) is 5.32 Å². The molecule has 1 saturated heterocycles. The zero-order valence-electron chi connectivity index (χ0n) is 13.8. The van der Waals surface area contributed by atoms with Gasteiger partial charge in [0.25, 0.3) is 5.91 Å². The minimum Gasteiger partial charge on any atom is -0.491 e. The highest BCUT2D eigenvalue weighted by Crippen LogP contribution is 2.34. The summed E-state index contributed by atoms with van der Waals surface area (Å²) in [7, 11) is 0. The number of rotatable bonds is 4. The van der Waals surface area contributed by atoms with Crippen molar-refractivity contribution >= 4 is 5.91 Å². The summed E-state index contributed by atoms with van der Waals surface area (Å²) in [5, 5.41) is 2.93. The van der Waals surface area contributed by atoms with Gasteiger partial charge in [0.15, 0.2) is 0 Å². The monoisotopic (exact) mass is 335 g/mol. The molecule has 1 N–H and O–H groups in total. The van der Waals surface area contributed by atoms with Gasteiger partial charge in [0.05, 0.1) is 0 Å². The number of amides is 1. The van der Waals surface area contributed by atoms with Crippen molar-refractivity contribution in [1.82, 2.24) is 5.32 Å². The number of hydrogen-bond donors (Lipinski definition) is 1. The quantitative estimate of drug-likeness (QED) is 0.917. The van der Waals surface area contributed by atoms with Crippen molar-refractivity contribution in [2.75, 3.05) is 33.0 Å². The van der Waals surface area contributed by atoms with Gasteiger partial charge in [0.1, 0.15) is 24.8 Å². The summed E-state index contributed by atoms with van der Waals surface area (Å²) in [6.45, 7) is 4.11. The van der Waals surface area contributed by atoms with E-state index in [1.165, 1.54) is 6.07 Å². The highest BCUT2D eigenvalue weighted by atomic mass is 19.1. The van der Waals surface area contributed by atoms with Crippen LogP contribution in [0.2, 0.25) is 0 Å². The number of carbonyl (C=O) groups excluding carboxylic acids is 1. The Hall–Kier alpha value is -2.08. The summed E-state index contributed by atoms with van der Waals surface area (Å²) in [4.78, 5) is 12.4. The molecule has 0 atom stereocenters. The number of halogens is 1. The molecule has 2 aliphatic rings. The zero-order valence-corrected chi connectivity index (χ0v) is 13.8. The topological polar surface area (TPSA) is 56.8 Å². The largest absolute Gasteiger partial charge is 0.491 e. The van der Waals surface area contributed by atoms with Crippen LogP contribution in [-0.2, 0) is 24.4 Å². The van der Waals surface area contributed by atoms with E-state index in [1.54, 1.807) is 19.1 Å². The molecule has 2 aliphatic heterocycles. The summed E-state index contributed by atoms with van der Waals surface area (Å²) < 4.78 is 29.9. The third-order valence-corrected chi connectivity index (χ3v) is 4.65. The van der Waals surface area contributed by atoms with Gasteiger partial charge < -0.3 is 19.5 Å². The van der Waals surface area contributed by atoms with Crippen molar-refractivity contribution in [3.05, 3.63) is 47.2 Å². The van der Waals surface area contributed by atoms with Crippen LogP contribution in [0.15, 0.2) is 35.8 Å². The minimum absolute atomic E-state index is 0.225. The molecule has 0 saturated carbocycles. The highest BCUT2D eigenvalue weighted by Gasteiger charge is 2.35. The van der Waals surface area contributed by atoms with Crippen LogP contribution in [0.3, 0.4) is 0 Å². The van der Waals surface area contributed by atoms with Gasteiger partial charge in [-0.15, -0.1) is 0 Å². The van der Waals surface area contributed by atoms with E-state index in [-0.39, 0.29) is 22.9 Å². The minimum atomic E-state index is -0.333. The van der Waals surface area contributed by atoms with Crippen molar-refractivity contribution < 1.29 is 23.4 Å². The lowest BCUT2D eigenvalue weighted by Crippen LogP contribution is -2.45. The Balaban J connectivity index is 1.77. The number of hydrogen-bond acceptors (Lipinski definition) is 4. The van der Waals surface area contributed by atoms with Crippen molar-refractivity contribution in [1.29, 1.82) is 0 Å². The van der Waals surface area contributed by atoms with Crippen LogP contribution < -0.4 is 5.32 Å². The molecular formula is C18H22FNO4. The first-order chi connectivity index (χ1) is 11.6. The second-order valence-corrected chi connectivity index (χ2v) is 6.17. The number of ether oxygens (including phenoxy) is 3. The molecule has 0 aromatic heterocycles. The Bertz CT molecular complexity index is 638. The lowest BCUT2D eigenvalue weighted by Gasteiger charge is -2.38. The molecule has 1 aromatic carbocycles. The fourth-order valence-corrected chi connectivity index (χ4v) is 3.21. The maximum atomic E-state index is 13.7. The maximum absolute atomic E-state index is 13.7. The molecule has 0 unspecified atom stereocenters. The van der Waals surface area contributed by atoms with Gasteiger partial charge in [0.2, 0.25) is 5.76 Å². The Morgan fingerprint density at radius 1 is 1.21 bits per heavy atom. The van der Waals surface area contributed by atoms with Crippen LogP contribution >= 0.6 is 0 Å². The van der Waals surface area contributed by atoms with E-state index < -0.39 is 0 Å². The molecule has 6 heteroatoms. The van der Waals surface area contributed by atoms with Crippen molar-refractivity contribution in [3.8, 4) is 0 Å². The van der Waals surface area contributed by atoms with Crippen LogP contribution in [0.25, 0.3) is 0 Å². The van der Waals surface area contributed by atoms with Crippen LogP contribution in [-0.4, -0.2) is 38.9 Å². The van der Waals surface area contributed by atoms with E-state index in [0.29, 0.717) is 38.7 Å². The predicted molar refractivity (Wildman–Crippen MR) is 85.7 cm³/mol.